The molecule has 0 aromatic heterocycles. The lowest BCUT2D eigenvalue weighted by Gasteiger charge is -2.44. The molecule has 2 unspecified atom stereocenters. The Labute approximate surface area is 101 Å². The van der Waals surface area contributed by atoms with Gasteiger partial charge >= 0.3 is 0 Å². The second-order valence-corrected chi connectivity index (χ2v) is 6.43. The van der Waals surface area contributed by atoms with Crippen LogP contribution in [0, 0.1) is 0 Å². The zero-order valence-electron chi connectivity index (χ0n) is 9.69. The van der Waals surface area contributed by atoms with Gasteiger partial charge in [-0.1, -0.05) is 18.2 Å². The first-order chi connectivity index (χ1) is 7.66. The average Bonchev–Trinajstić information content (AvgIpc) is 2.28. The summed E-state index contributed by atoms with van der Waals surface area (Å²) in [7, 11) is 0. The summed E-state index contributed by atoms with van der Waals surface area (Å²) in [6.07, 6.45) is 0. The van der Waals surface area contributed by atoms with E-state index in [1.165, 1.54) is 5.56 Å². The molecule has 1 saturated heterocycles. The van der Waals surface area contributed by atoms with E-state index in [0.717, 1.165) is 18.1 Å². The fraction of sp³-hybridized carbons (Fsp3) is 0.538. The maximum absolute atomic E-state index is 5.80. The number of para-hydroxylation sites is 1. The zero-order valence-corrected chi connectivity index (χ0v) is 10.5. The molecule has 1 aromatic carbocycles. The maximum atomic E-state index is 5.80. The van der Waals surface area contributed by atoms with E-state index in [0.29, 0.717) is 11.3 Å². The number of thioether (sulfide) groups is 1. The SMILES string of the molecule is CC1(C)CSC2COc3ccccc3C2N1. The van der Waals surface area contributed by atoms with Crippen molar-refractivity contribution in [2.24, 2.45) is 0 Å². The molecule has 2 atom stereocenters. The number of fused-ring (bicyclic) bond motifs is 3. The Morgan fingerprint density at radius 1 is 1.38 bits per heavy atom. The highest BCUT2D eigenvalue weighted by Crippen LogP contribution is 2.42. The van der Waals surface area contributed by atoms with E-state index in [1.807, 2.05) is 17.8 Å². The zero-order chi connectivity index (χ0) is 11.2. The van der Waals surface area contributed by atoms with E-state index in [2.05, 4.69) is 37.4 Å². The minimum Gasteiger partial charge on any atom is -0.492 e. The van der Waals surface area contributed by atoms with Crippen LogP contribution in [0.1, 0.15) is 25.5 Å². The summed E-state index contributed by atoms with van der Waals surface area (Å²) >= 11 is 2.03. The molecule has 0 bridgehead atoms. The molecule has 2 heterocycles. The van der Waals surface area contributed by atoms with Crippen LogP contribution in [0.15, 0.2) is 24.3 Å². The monoisotopic (exact) mass is 235 g/mol. The predicted molar refractivity (Wildman–Crippen MR) is 68.1 cm³/mol. The molecule has 2 aliphatic heterocycles. The summed E-state index contributed by atoms with van der Waals surface area (Å²) in [4.78, 5) is 0. The van der Waals surface area contributed by atoms with Crippen LogP contribution in [0.5, 0.6) is 5.75 Å². The largest absolute Gasteiger partial charge is 0.492 e. The molecule has 16 heavy (non-hydrogen) atoms. The molecule has 1 N–H and O–H groups in total. The van der Waals surface area contributed by atoms with Crippen LogP contribution in [0.25, 0.3) is 0 Å². The van der Waals surface area contributed by atoms with Gasteiger partial charge in [0, 0.05) is 16.9 Å². The molecule has 86 valence electrons. The number of hydrogen-bond donors (Lipinski definition) is 1. The highest BCUT2D eigenvalue weighted by Gasteiger charge is 2.39. The highest BCUT2D eigenvalue weighted by atomic mass is 32.2. The molecule has 1 fully saturated rings. The van der Waals surface area contributed by atoms with Crippen LogP contribution in [0.2, 0.25) is 0 Å². The molecule has 0 amide bonds. The van der Waals surface area contributed by atoms with Crippen LogP contribution >= 0.6 is 11.8 Å². The van der Waals surface area contributed by atoms with Crippen LogP contribution in [0.4, 0.5) is 0 Å². The lowest BCUT2D eigenvalue weighted by atomic mass is 9.96. The Hall–Kier alpha value is -0.670. The van der Waals surface area contributed by atoms with Crippen LogP contribution in [0.3, 0.4) is 0 Å². The molecule has 2 nitrogen and oxygen atoms in total. The van der Waals surface area contributed by atoms with Crippen molar-refractivity contribution >= 4 is 11.8 Å². The van der Waals surface area contributed by atoms with Gasteiger partial charge in [-0.2, -0.15) is 11.8 Å². The maximum Gasteiger partial charge on any atom is 0.124 e. The number of hydrogen-bond acceptors (Lipinski definition) is 3. The smallest absolute Gasteiger partial charge is 0.124 e. The van der Waals surface area contributed by atoms with Gasteiger partial charge < -0.3 is 10.1 Å². The third-order valence-corrected chi connectivity index (χ3v) is 4.96. The Morgan fingerprint density at radius 2 is 2.19 bits per heavy atom. The number of ether oxygens (including phenoxy) is 1. The molecule has 3 heteroatoms. The third kappa shape index (κ3) is 1.72. The van der Waals surface area contributed by atoms with Crippen molar-refractivity contribution in [2.45, 2.75) is 30.7 Å². The fourth-order valence-electron chi connectivity index (χ4n) is 2.43. The van der Waals surface area contributed by atoms with Crippen molar-refractivity contribution in [3.05, 3.63) is 29.8 Å². The minimum atomic E-state index is 0.219. The summed E-state index contributed by atoms with van der Waals surface area (Å²) in [5.41, 5.74) is 1.54. The van der Waals surface area contributed by atoms with Gasteiger partial charge in [0.1, 0.15) is 12.4 Å². The van der Waals surface area contributed by atoms with Crippen molar-refractivity contribution in [1.82, 2.24) is 5.32 Å². The second kappa shape index (κ2) is 3.67. The minimum absolute atomic E-state index is 0.219. The van der Waals surface area contributed by atoms with Crippen LogP contribution in [-0.2, 0) is 0 Å². The number of nitrogens with one attached hydrogen (secondary N) is 1. The summed E-state index contributed by atoms with van der Waals surface area (Å²) in [5, 5.41) is 4.31. The van der Waals surface area contributed by atoms with Gasteiger partial charge in [-0.05, 0) is 19.9 Å². The molecule has 3 rings (SSSR count). The first-order valence-electron chi connectivity index (χ1n) is 5.77. The van der Waals surface area contributed by atoms with E-state index in [4.69, 9.17) is 4.74 Å². The second-order valence-electron chi connectivity index (χ2n) is 5.20. The standard InChI is InChI=1S/C13H17NOS/c1-13(2)8-16-11-7-15-10-6-4-3-5-9(10)12(11)14-13/h3-6,11-12,14H,7-8H2,1-2H3. The van der Waals surface area contributed by atoms with E-state index >= 15 is 0 Å². The van der Waals surface area contributed by atoms with Gasteiger partial charge in [0.05, 0.1) is 11.3 Å². The Bertz CT molecular complexity index is 405. The summed E-state index contributed by atoms with van der Waals surface area (Å²) in [6.45, 7) is 5.37. The van der Waals surface area contributed by atoms with E-state index in [1.54, 1.807) is 0 Å². The average molecular weight is 235 g/mol. The van der Waals surface area contributed by atoms with E-state index < -0.39 is 0 Å². The lowest BCUT2D eigenvalue weighted by molar-refractivity contribution is 0.231. The van der Waals surface area contributed by atoms with Gasteiger partial charge in [0.15, 0.2) is 0 Å². The van der Waals surface area contributed by atoms with Gasteiger partial charge in [-0.25, -0.2) is 0 Å². The molecular weight excluding hydrogens is 218 g/mol. The normalized spacial score (nSPS) is 31.1. The van der Waals surface area contributed by atoms with Gasteiger partial charge in [0.25, 0.3) is 0 Å². The quantitative estimate of drug-likeness (QED) is 0.747. The van der Waals surface area contributed by atoms with Crippen molar-refractivity contribution in [3.63, 3.8) is 0 Å². The van der Waals surface area contributed by atoms with Gasteiger partial charge in [-0.3, -0.25) is 0 Å². The Balaban J connectivity index is 1.97. The lowest BCUT2D eigenvalue weighted by Crippen LogP contribution is -2.53. The topological polar surface area (TPSA) is 21.3 Å². The summed E-state index contributed by atoms with van der Waals surface area (Å²) in [6, 6.07) is 8.83. The van der Waals surface area contributed by atoms with E-state index in [-0.39, 0.29) is 5.54 Å². The number of rotatable bonds is 0. The first kappa shape index (κ1) is 10.5. The fourth-order valence-corrected chi connectivity index (χ4v) is 3.72. The molecule has 0 saturated carbocycles. The third-order valence-electron chi connectivity index (χ3n) is 3.23. The van der Waals surface area contributed by atoms with Gasteiger partial charge in [-0.15, -0.1) is 0 Å². The molecule has 2 aliphatic rings. The summed E-state index contributed by atoms with van der Waals surface area (Å²) in [5.74, 6) is 2.20. The van der Waals surface area contributed by atoms with E-state index in [9.17, 15) is 0 Å². The predicted octanol–water partition coefficient (Wildman–Crippen LogP) is 2.60. The summed E-state index contributed by atoms with van der Waals surface area (Å²) < 4.78 is 5.80. The van der Waals surface area contributed by atoms with Crippen LogP contribution < -0.4 is 10.1 Å². The van der Waals surface area contributed by atoms with Crippen LogP contribution in [-0.4, -0.2) is 23.1 Å². The molecule has 0 aliphatic carbocycles. The molecular formula is C13H17NOS. The van der Waals surface area contributed by atoms with Gasteiger partial charge in [0.2, 0.25) is 0 Å². The molecule has 1 aromatic rings. The highest BCUT2D eigenvalue weighted by molar-refractivity contribution is 8.00. The molecule has 0 radical (unpaired) electrons. The molecule has 0 spiro atoms. The Kier molecular flexibility index (Phi) is 2.41. The van der Waals surface area contributed by atoms with Crippen molar-refractivity contribution in [3.8, 4) is 5.75 Å². The first-order valence-corrected chi connectivity index (χ1v) is 6.82. The van der Waals surface area contributed by atoms with Crippen molar-refractivity contribution < 1.29 is 4.74 Å². The Morgan fingerprint density at radius 3 is 3.06 bits per heavy atom. The van der Waals surface area contributed by atoms with Crippen molar-refractivity contribution in [1.29, 1.82) is 0 Å². The number of benzene rings is 1. The van der Waals surface area contributed by atoms with Crippen molar-refractivity contribution in [2.75, 3.05) is 12.4 Å².